The third kappa shape index (κ3) is 4.75. The van der Waals surface area contributed by atoms with Gasteiger partial charge in [0.2, 0.25) is 5.91 Å². The van der Waals surface area contributed by atoms with Gasteiger partial charge in [-0.2, -0.15) is 0 Å². The quantitative estimate of drug-likeness (QED) is 0.606. The van der Waals surface area contributed by atoms with Crippen molar-refractivity contribution in [2.75, 3.05) is 0 Å². The normalized spacial score (nSPS) is 27.8. The third-order valence-corrected chi connectivity index (χ3v) is 5.78. The number of hydrogen-bond acceptors (Lipinski definition) is 4. The molecule has 1 amide bonds. The zero-order chi connectivity index (χ0) is 19.4. The van der Waals surface area contributed by atoms with Gasteiger partial charge in [0.05, 0.1) is 6.04 Å². The Morgan fingerprint density at radius 1 is 1.08 bits per heavy atom. The number of amides is 1. The van der Waals surface area contributed by atoms with E-state index in [0.717, 1.165) is 32.1 Å². The summed E-state index contributed by atoms with van der Waals surface area (Å²) in [6.07, 6.45) is 5.59. The average Bonchev–Trinajstić information content (AvgIpc) is 2.97. The second kappa shape index (κ2) is 8.84. The van der Waals surface area contributed by atoms with Crippen LogP contribution in [0.4, 0.5) is 0 Å². The first-order chi connectivity index (χ1) is 12.2. The lowest BCUT2D eigenvalue weighted by molar-refractivity contribution is -0.151. The van der Waals surface area contributed by atoms with E-state index in [1.807, 2.05) is 13.8 Å². The molecule has 1 aliphatic heterocycles. The molecule has 0 bridgehead atoms. The van der Waals surface area contributed by atoms with E-state index < -0.39 is 30.1 Å². The average molecular weight is 368 g/mol. The summed E-state index contributed by atoms with van der Waals surface area (Å²) in [5, 5.41) is 21.9. The summed E-state index contributed by atoms with van der Waals surface area (Å²) >= 11 is 0. The number of nitrogens with one attached hydrogen (secondary N) is 1. The highest BCUT2D eigenvalue weighted by Gasteiger charge is 2.48. The minimum atomic E-state index is -0.975. The molecular weight excluding hydrogens is 336 g/mol. The number of carbonyl (C=O) groups excluding carboxylic acids is 1. The molecule has 2 rings (SSSR count). The summed E-state index contributed by atoms with van der Waals surface area (Å²) < 4.78 is 0. The molecule has 0 aromatic heterocycles. The van der Waals surface area contributed by atoms with Crippen LogP contribution in [-0.2, 0) is 14.4 Å². The van der Waals surface area contributed by atoms with Gasteiger partial charge in [0.1, 0.15) is 12.1 Å². The van der Waals surface area contributed by atoms with Crippen LogP contribution in [-0.4, -0.2) is 57.1 Å². The molecule has 0 aromatic rings. The van der Waals surface area contributed by atoms with Gasteiger partial charge in [0.15, 0.2) is 0 Å². The molecule has 3 N–H and O–H groups in total. The lowest BCUT2D eigenvalue weighted by atomic mass is 9.84. The molecule has 7 nitrogen and oxygen atoms in total. The number of aliphatic carboxylic acids is 2. The Morgan fingerprint density at radius 3 is 2.31 bits per heavy atom. The van der Waals surface area contributed by atoms with Crippen LogP contribution in [0.25, 0.3) is 0 Å². The van der Waals surface area contributed by atoms with E-state index in [4.69, 9.17) is 0 Å². The van der Waals surface area contributed by atoms with Crippen LogP contribution in [0.2, 0.25) is 0 Å². The van der Waals surface area contributed by atoms with Crippen molar-refractivity contribution in [3.05, 3.63) is 0 Å². The largest absolute Gasteiger partial charge is 0.480 e. The van der Waals surface area contributed by atoms with E-state index in [2.05, 4.69) is 5.32 Å². The predicted octanol–water partition coefficient (Wildman–Crippen LogP) is 2.10. The molecule has 0 aromatic carbocycles. The number of likely N-dealkylation sites (tertiary alicyclic amines) is 1. The summed E-state index contributed by atoms with van der Waals surface area (Å²) in [6.45, 7) is 5.69. The zero-order valence-corrected chi connectivity index (χ0v) is 16.0. The molecule has 0 unspecified atom stereocenters. The number of rotatable bonds is 8. The Morgan fingerprint density at radius 2 is 1.73 bits per heavy atom. The minimum Gasteiger partial charge on any atom is -0.480 e. The molecule has 1 saturated heterocycles. The fourth-order valence-corrected chi connectivity index (χ4v) is 4.37. The van der Waals surface area contributed by atoms with E-state index >= 15 is 0 Å². The first-order valence-corrected chi connectivity index (χ1v) is 9.76. The molecule has 148 valence electrons. The number of carbonyl (C=O) groups is 3. The van der Waals surface area contributed by atoms with Crippen molar-refractivity contribution in [2.45, 2.75) is 89.9 Å². The number of fused-ring (bicyclic) bond motifs is 1. The van der Waals surface area contributed by atoms with E-state index in [0.29, 0.717) is 18.8 Å². The standard InChI is InChI=1S/C19H32N2O5/c1-11(2)8-9-14(18(23)24)20-12(3)17(22)21-15-7-5-4-6-13(15)10-16(21)19(25)26/h11-16,20H,4-10H2,1-3H3,(H,23,24)(H,25,26)/t12-,13-,14-,15-,16-/m0/s1. The molecule has 2 aliphatic rings. The maximum absolute atomic E-state index is 13.0. The van der Waals surface area contributed by atoms with E-state index in [9.17, 15) is 24.6 Å². The van der Waals surface area contributed by atoms with Crippen LogP contribution in [0.15, 0.2) is 0 Å². The Bertz CT molecular complexity index is 536. The highest BCUT2D eigenvalue weighted by molar-refractivity contribution is 5.88. The van der Waals surface area contributed by atoms with Crippen LogP contribution in [0, 0.1) is 11.8 Å². The van der Waals surface area contributed by atoms with Crippen LogP contribution in [0.3, 0.4) is 0 Å². The van der Waals surface area contributed by atoms with Gasteiger partial charge in [0, 0.05) is 6.04 Å². The summed E-state index contributed by atoms with van der Waals surface area (Å²) in [5.41, 5.74) is 0. The summed E-state index contributed by atoms with van der Waals surface area (Å²) in [7, 11) is 0. The second-order valence-electron chi connectivity index (χ2n) is 8.20. The second-order valence-corrected chi connectivity index (χ2v) is 8.20. The van der Waals surface area contributed by atoms with Crippen LogP contribution >= 0.6 is 0 Å². The van der Waals surface area contributed by atoms with E-state index in [-0.39, 0.29) is 17.9 Å². The van der Waals surface area contributed by atoms with E-state index in [1.54, 1.807) is 6.92 Å². The maximum atomic E-state index is 13.0. The first-order valence-electron chi connectivity index (χ1n) is 9.76. The van der Waals surface area contributed by atoms with Gasteiger partial charge in [-0.25, -0.2) is 4.79 Å². The van der Waals surface area contributed by atoms with Crippen LogP contribution < -0.4 is 5.32 Å². The monoisotopic (exact) mass is 368 g/mol. The van der Waals surface area contributed by atoms with Crippen molar-refractivity contribution in [1.29, 1.82) is 0 Å². The van der Waals surface area contributed by atoms with Gasteiger partial charge in [-0.3, -0.25) is 14.9 Å². The molecule has 1 heterocycles. The van der Waals surface area contributed by atoms with Gasteiger partial charge >= 0.3 is 11.9 Å². The zero-order valence-electron chi connectivity index (χ0n) is 16.0. The topological polar surface area (TPSA) is 107 Å². The molecule has 0 radical (unpaired) electrons. The molecule has 26 heavy (non-hydrogen) atoms. The molecule has 1 aliphatic carbocycles. The van der Waals surface area contributed by atoms with Crippen molar-refractivity contribution in [2.24, 2.45) is 11.8 Å². The van der Waals surface area contributed by atoms with Gasteiger partial charge < -0.3 is 15.1 Å². The van der Waals surface area contributed by atoms with Gasteiger partial charge in [-0.1, -0.05) is 26.7 Å². The lowest BCUT2D eigenvalue weighted by Crippen LogP contribution is -2.55. The number of hydrogen-bond donors (Lipinski definition) is 3. The van der Waals surface area contributed by atoms with Crippen molar-refractivity contribution in [3.8, 4) is 0 Å². The number of nitrogens with zero attached hydrogens (tertiary/aromatic N) is 1. The van der Waals surface area contributed by atoms with Gasteiger partial charge in [0.25, 0.3) is 0 Å². The van der Waals surface area contributed by atoms with Crippen molar-refractivity contribution < 1.29 is 24.6 Å². The Balaban J connectivity index is 2.08. The molecule has 1 saturated carbocycles. The number of carboxylic acids is 2. The Labute approximate surface area is 155 Å². The third-order valence-electron chi connectivity index (χ3n) is 5.78. The highest BCUT2D eigenvalue weighted by Crippen LogP contribution is 2.40. The maximum Gasteiger partial charge on any atom is 0.326 e. The SMILES string of the molecule is CC(C)CC[C@H](N[C@@H](C)C(=O)N1[C@H](C(=O)O)C[C@@H]2CCCC[C@@H]21)C(=O)O. The van der Waals surface area contributed by atoms with Crippen molar-refractivity contribution in [1.82, 2.24) is 10.2 Å². The smallest absolute Gasteiger partial charge is 0.326 e. The minimum absolute atomic E-state index is 0.0273. The van der Waals surface area contributed by atoms with Gasteiger partial charge in [-0.05, 0) is 50.9 Å². The Hall–Kier alpha value is -1.63. The highest BCUT2D eigenvalue weighted by atomic mass is 16.4. The van der Waals surface area contributed by atoms with Crippen LogP contribution in [0.5, 0.6) is 0 Å². The fourth-order valence-electron chi connectivity index (χ4n) is 4.37. The molecule has 7 heteroatoms. The first kappa shape index (κ1) is 20.7. The fraction of sp³-hybridized carbons (Fsp3) is 0.842. The molecule has 2 fully saturated rings. The summed E-state index contributed by atoms with van der Waals surface area (Å²) in [6, 6.07) is -2.34. The predicted molar refractivity (Wildman–Crippen MR) is 96.7 cm³/mol. The van der Waals surface area contributed by atoms with Crippen molar-refractivity contribution in [3.63, 3.8) is 0 Å². The lowest BCUT2D eigenvalue weighted by Gasteiger charge is -2.35. The van der Waals surface area contributed by atoms with Gasteiger partial charge in [-0.15, -0.1) is 0 Å². The molecular formula is C19H32N2O5. The summed E-state index contributed by atoms with van der Waals surface area (Å²) in [5.74, 6) is -1.60. The molecule has 0 spiro atoms. The van der Waals surface area contributed by atoms with Crippen LogP contribution in [0.1, 0.15) is 65.7 Å². The molecule has 5 atom stereocenters. The Kier molecular flexibility index (Phi) is 7.03. The number of carboxylic acid groups (broad SMARTS) is 2. The van der Waals surface area contributed by atoms with Crippen molar-refractivity contribution >= 4 is 17.8 Å². The van der Waals surface area contributed by atoms with E-state index in [1.165, 1.54) is 4.90 Å². The summed E-state index contributed by atoms with van der Waals surface area (Å²) in [4.78, 5) is 37.7.